The molecule has 2 aromatic heterocycles. The van der Waals surface area contributed by atoms with E-state index in [1.54, 1.807) is 23.0 Å². The van der Waals surface area contributed by atoms with Gasteiger partial charge in [-0.1, -0.05) is 29.8 Å². The summed E-state index contributed by atoms with van der Waals surface area (Å²) in [5, 5.41) is 8.74. The van der Waals surface area contributed by atoms with Gasteiger partial charge >= 0.3 is 5.69 Å². The van der Waals surface area contributed by atoms with Crippen LogP contribution >= 0.6 is 0 Å². The first kappa shape index (κ1) is 17.7. The summed E-state index contributed by atoms with van der Waals surface area (Å²) >= 11 is 0. The Balaban J connectivity index is 1.95. The van der Waals surface area contributed by atoms with Crippen molar-refractivity contribution in [1.82, 2.24) is 24.1 Å². The van der Waals surface area contributed by atoms with Gasteiger partial charge in [0.1, 0.15) is 5.69 Å². The summed E-state index contributed by atoms with van der Waals surface area (Å²) in [5.41, 5.74) is 3.23. The number of rotatable bonds is 3. The Hall–Kier alpha value is -3.74. The molecule has 28 heavy (non-hydrogen) atoms. The zero-order valence-electron chi connectivity index (χ0n) is 15.8. The fourth-order valence-corrected chi connectivity index (χ4v) is 3.04. The molecule has 0 bridgehead atoms. The molecule has 4 rings (SSSR count). The van der Waals surface area contributed by atoms with E-state index in [9.17, 15) is 9.59 Å². The molecule has 0 radical (unpaired) electrons. The lowest BCUT2D eigenvalue weighted by molar-refractivity contribution is 0.657. The monoisotopic (exact) mass is 373 g/mol. The number of hydrogen-bond donors (Lipinski definition) is 0. The van der Waals surface area contributed by atoms with Crippen molar-refractivity contribution in [1.29, 1.82) is 0 Å². The van der Waals surface area contributed by atoms with Crippen LogP contribution in [-0.4, -0.2) is 24.1 Å². The van der Waals surface area contributed by atoms with E-state index in [0.717, 1.165) is 21.4 Å². The largest absolute Gasteiger partial charge is 0.351 e. The van der Waals surface area contributed by atoms with Gasteiger partial charge in [0.2, 0.25) is 0 Å². The minimum atomic E-state index is -0.499. The third kappa shape index (κ3) is 2.96. The molecule has 0 saturated heterocycles. The second kappa shape index (κ2) is 6.77. The fourth-order valence-electron chi connectivity index (χ4n) is 3.04. The molecule has 4 aromatic rings. The Kier molecular flexibility index (Phi) is 4.27. The van der Waals surface area contributed by atoms with Gasteiger partial charge in [-0.25, -0.2) is 9.48 Å². The van der Waals surface area contributed by atoms with Crippen LogP contribution < -0.4 is 11.2 Å². The van der Waals surface area contributed by atoms with Gasteiger partial charge in [-0.2, -0.15) is 14.9 Å². The molecule has 2 aromatic carbocycles. The molecule has 2 heterocycles. The van der Waals surface area contributed by atoms with Gasteiger partial charge < -0.3 is 0 Å². The van der Waals surface area contributed by atoms with Crippen LogP contribution in [0.4, 0.5) is 0 Å². The maximum absolute atomic E-state index is 12.8. The molecular formula is C21H19N5O2. The molecule has 0 spiro atoms. The van der Waals surface area contributed by atoms with E-state index in [1.165, 1.54) is 11.7 Å². The number of benzene rings is 2. The van der Waals surface area contributed by atoms with Crippen LogP contribution in [0.15, 0.2) is 70.4 Å². The molecule has 140 valence electrons. The lowest BCUT2D eigenvalue weighted by Gasteiger charge is -2.11. The fraction of sp³-hybridized carbons (Fsp3) is 0.143. The molecule has 0 aliphatic carbocycles. The maximum atomic E-state index is 12.8. The van der Waals surface area contributed by atoms with E-state index in [4.69, 9.17) is 0 Å². The molecule has 0 N–H and O–H groups in total. The Morgan fingerprint density at radius 1 is 0.821 bits per heavy atom. The number of aromatic nitrogens is 5. The highest BCUT2D eigenvalue weighted by Gasteiger charge is 2.18. The molecular weight excluding hydrogens is 354 g/mol. The number of aryl methyl sites for hydroxylation is 2. The third-order valence-electron chi connectivity index (χ3n) is 4.59. The van der Waals surface area contributed by atoms with Crippen LogP contribution in [0, 0.1) is 13.8 Å². The second-order valence-corrected chi connectivity index (χ2v) is 6.71. The standard InChI is InChI=1S/C21H19N5O2/c1-14-7-9-16(10-8-14)25-18(11-12-22-25)19-20(27)24(3)21(28)26(23-19)17-6-4-5-15(2)13-17/h4-13H,1-3H3. The van der Waals surface area contributed by atoms with Gasteiger partial charge in [0, 0.05) is 7.05 Å². The first-order valence-electron chi connectivity index (χ1n) is 8.84. The van der Waals surface area contributed by atoms with Crippen LogP contribution in [-0.2, 0) is 7.05 Å². The highest BCUT2D eigenvalue weighted by atomic mass is 16.2. The Bertz CT molecular complexity index is 1280. The molecule has 0 amide bonds. The molecule has 7 nitrogen and oxygen atoms in total. The average Bonchev–Trinajstić information content (AvgIpc) is 3.16. The Morgan fingerprint density at radius 3 is 2.29 bits per heavy atom. The van der Waals surface area contributed by atoms with Gasteiger partial charge in [0.15, 0.2) is 5.69 Å². The highest BCUT2D eigenvalue weighted by molar-refractivity contribution is 5.56. The third-order valence-corrected chi connectivity index (χ3v) is 4.59. The lowest BCUT2D eigenvalue weighted by Crippen LogP contribution is -2.40. The average molecular weight is 373 g/mol. The minimum Gasteiger partial charge on any atom is -0.267 e. The summed E-state index contributed by atoms with van der Waals surface area (Å²) in [6.07, 6.45) is 1.61. The summed E-state index contributed by atoms with van der Waals surface area (Å²) in [4.78, 5) is 25.5. The quantitative estimate of drug-likeness (QED) is 0.553. The van der Waals surface area contributed by atoms with E-state index >= 15 is 0 Å². The van der Waals surface area contributed by atoms with Crippen molar-refractivity contribution in [2.24, 2.45) is 7.05 Å². The van der Waals surface area contributed by atoms with E-state index in [1.807, 2.05) is 56.3 Å². The van der Waals surface area contributed by atoms with Gasteiger partial charge in [0.05, 0.1) is 17.6 Å². The number of hydrogen-bond acceptors (Lipinski definition) is 4. The van der Waals surface area contributed by atoms with Gasteiger partial charge in [-0.15, -0.1) is 0 Å². The predicted octanol–water partition coefficient (Wildman–Crippen LogP) is 2.40. The van der Waals surface area contributed by atoms with Gasteiger partial charge in [-0.3, -0.25) is 9.36 Å². The van der Waals surface area contributed by atoms with Crippen LogP contribution in [0.3, 0.4) is 0 Å². The van der Waals surface area contributed by atoms with Crippen molar-refractivity contribution in [3.8, 4) is 22.8 Å². The van der Waals surface area contributed by atoms with Crippen molar-refractivity contribution >= 4 is 0 Å². The molecule has 0 saturated carbocycles. The first-order chi connectivity index (χ1) is 13.5. The van der Waals surface area contributed by atoms with Gasteiger partial charge in [0.25, 0.3) is 5.56 Å². The molecule has 0 fully saturated rings. The Morgan fingerprint density at radius 2 is 1.57 bits per heavy atom. The Labute approximate surface area is 161 Å². The van der Waals surface area contributed by atoms with E-state index in [0.29, 0.717) is 11.4 Å². The smallest absolute Gasteiger partial charge is 0.267 e. The van der Waals surface area contributed by atoms with Crippen molar-refractivity contribution in [2.75, 3.05) is 0 Å². The molecule has 0 aliphatic heterocycles. The van der Waals surface area contributed by atoms with Crippen molar-refractivity contribution in [3.05, 3.63) is 92.8 Å². The van der Waals surface area contributed by atoms with E-state index in [-0.39, 0.29) is 5.69 Å². The van der Waals surface area contributed by atoms with Crippen LogP contribution in [0.5, 0.6) is 0 Å². The van der Waals surface area contributed by atoms with Gasteiger partial charge in [-0.05, 0) is 49.7 Å². The van der Waals surface area contributed by atoms with Crippen molar-refractivity contribution in [3.63, 3.8) is 0 Å². The molecule has 0 atom stereocenters. The highest BCUT2D eigenvalue weighted by Crippen LogP contribution is 2.18. The topological polar surface area (TPSA) is 74.7 Å². The molecule has 0 aliphatic rings. The summed E-state index contributed by atoms with van der Waals surface area (Å²) in [7, 11) is 1.45. The van der Waals surface area contributed by atoms with E-state index < -0.39 is 11.2 Å². The summed E-state index contributed by atoms with van der Waals surface area (Å²) in [5.74, 6) is 0. The predicted molar refractivity (Wildman–Crippen MR) is 107 cm³/mol. The van der Waals surface area contributed by atoms with Crippen molar-refractivity contribution in [2.45, 2.75) is 13.8 Å². The number of nitrogens with zero attached hydrogens (tertiary/aromatic N) is 5. The van der Waals surface area contributed by atoms with Crippen LogP contribution in [0.1, 0.15) is 11.1 Å². The normalized spacial score (nSPS) is 11.0. The zero-order valence-corrected chi connectivity index (χ0v) is 15.8. The summed E-state index contributed by atoms with van der Waals surface area (Å²) in [6.45, 7) is 3.94. The molecule has 0 unspecified atom stereocenters. The zero-order chi connectivity index (χ0) is 19.8. The summed E-state index contributed by atoms with van der Waals surface area (Å²) < 4.78 is 3.96. The second-order valence-electron chi connectivity index (χ2n) is 6.71. The van der Waals surface area contributed by atoms with Crippen LogP contribution in [0.25, 0.3) is 22.8 Å². The van der Waals surface area contributed by atoms with E-state index in [2.05, 4.69) is 10.2 Å². The summed E-state index contributed by atoms with van der Waals surface area (Å²) in [6, 6.07) is 16.9. The molecule has 7 heteroatoms. The van der Waals surface area contributed by atoms with Crippen molar-refractivity contribution < 1.29 is 0 Å². The van der Waals surface area contributed by atoms with Crippen LogP contribution in [0.2, 0.25) is 0 Å². The lowest BCUT2D eigenvalue weighted by atomic mass is 10.2. The maximum Gasteiger partial charge on any atom is 0.351 e. The SMILES string of the molecule is Cc1ccc(-n2nccc2-c2nn(-c3cccc(C)c3)c(=O)n(C)c2=O)cc1. The first-order valence-corrected chi connectivity index (χ1v) is 8.84. The minimum absolute atomic E-state index is 0.154.